The van der Waals surface area contributed by atoms with Crippen molar-refractivity contribution in [2.24, 2.45) is 0 Å². The number of hydrogen-bond acceptors (Lipinski definition) is 3. The lowest BCUT2D eigenvalue weighted by molar-refractivity contribution is 0.581. The van der Waals surface area contributed by atoms with Crippen LogP contribution in [0, 0.1) is 22.7 Å². The van der Waals surface area contributed by atoms with Crippen LogP contribution >= 0.6 is 11.6 Å². The number of rotatable bonds is 1. The molecule has 1 aliphatic rings. The van der Waals surface area contributed by atoms with Gasteiger partial charge in [-0.3, -0.25) is 0 Å². The zero-order valence-corrected chi connectivity index (χ0v) is 15.6. The van der Waals surface area contributed by atoms with Gasteiger partial charge in [0.1, 0.15) is 12.1 Å². The second-order valence-corrected chi connectivity index (χ2v) is 7.28. The molecule has 0 amide bonds. The number of benzene rings is 2. The highest BCUT2D eigenvalue weighted by Crippen LogP contribution is 2.39. The Morgan fingerprint density at radius 3 is 1.88 bits per heavy atom. The van der Waals surface area contributed by atoms with Crippen LogP contribution in [-0.2, 0) is 12.8 Å². The van der Waals surface area contributed by atoms with Crippen LogP contribution < -0.4 is 5.73 Å². The van der Waals surface area contributed by atoms with Gasteiger partial charge in [-0.15, -0.1) is 0 Å². The molecule has 0 saturated carbocycles. The van der Waals surface area contributed by atoms with Gasteiger partial charge in [-0.2, -0.15) is 10.5 Å². The lowest BCUT2D eigenvalue weighted by Crippen LogP contribution is -2.09. The monoisotopic (exact) mass is 363 g/mol. The summed E-state index contributed by atoms with van der Waals surface area (Å²) in [5, 5.41) is 20.2. The van der Waals surface area contributed by atoms with Gasteiger partial charge >= 0.3 is 0 Å². The van der Waals surface area contributed by atoms with Crippen molar-refractivity contribution in [2.75, 3.05) is 5.73 Å². The standard InChI is InChI=1S/C22H22ClN3/c23-16-11-9-15(10-12-16)21-18-8-6-4-2-1-3-5-7-17(18)19(13-24)22(26)20(21)14-25/h9-12H,1-8,26H2. The molecule has 0 unspecified atom stereocenters. The molecular weight excluding hydrogens is 342 g/mol. The molecule has 0 bridgehead atoms. The molecule has 4 heteroatoms. The van der Waals surface area contributed by atoms with E-state index in [-0.39, 0.29) is 0 Å². The zero-order chi connectivity index (χ0) is 18.5. The Bertz CT molecular complexity index is 886. The zero-order valence-electron chi connectivity index (χ0n) is 14.8. The van der Waals surface area contributed by atoms with Crippen molar-refractivity contribution in [1.29, 1.82) is 10.5 Å². The van der Waals surface area contributed by atoms with E-state index in [0.29, 0.717) is 21.8 Å². The average Bonchev–Trinajstić information content (AvgIpc) is 2.66. The van der Waals surface area contributed by atoms with Gasteiger partial charge in [-0.1, -0.05) is 49.4 Å². The number of halogens is 1. The third-order valence-corrected chi connectivity index (χ3v) is 5.47. The first-order valence-corrected chi connectivity index (χ1v) is 9.58. The van der Waals surface area contributed by atoms with Crippen LogP contribution in [0.4, 0.5) is 5.69 Å². The lowest BCUT2D eigenvalue weighted by atomic mass is 9.82. The minimum Gasteiger partial charge on any atom is -0.397 e. The number of anilines is 1. The molecule has 132 valence electrons. The Hall–Kier alpha value is -2.49. The van der Waals surface area contributed by atoms with Crippen molar-refractivity contribution in [1.82, 2.24) is 0 Å². The van der Waals surface area contributed by atoms with Crippen LogP contribution in [0.3, 0.4) is 0 Å². The van der Waals surface area contributed by atoms with Gasteiger partial charge in [0.2, 0.25) is 0 Å². The van der Waals surface area contributed by atoms with Gasteiger partial charge in [0.15, 0.2) is 0 Å². The van der Waals surface area contributed by atoms with Crippen LogP contribution in [0.1, 0.15) is 60.8 Å². The second kappa shape index (κ2) is 8.26. The first-order valence-electron chi connectivity index (χ1n) is 9.20. The van der Waals surface area contributed by atoms with Crippen LogP contribution in [0.25, 0.3) is 11.1 Å². The maximum atomic E-state index is 9.80. The topological polar surface area (TPSA) is 73.6 Å². The molecule has 0 atom stereocenters. The van der Waals surface area contributed by atoms with Crippen LogP contribution in [0.5, 0.6) is 0 Å². The van der Waals surface area contributed by atoms with Gasteiger partial charge in [0.05, 0.1) is 16.8 Å². The molecule has 2 aromatic carbocycles. The number of nitrogens with two attached hydrogens (primary N) is 1. The molecule has 2 aromatic rings. The summed E-state index contributed by atoms with van der Waals surface area (Å²) in [7, 11) is 0. The van der Waals surface area contributed by atoms with E-state index in [1.54, 1.807) is 0 Å². The Kier molecular flexibility index (Phi) is 5.82. The largest absolute Gasteiger partial charge is 0.397 e. The fraction of sp³-hybridized carbons (Fsp3) is 0.364. The summed E-state index contributed by atoms with van der Waals surface area (Å²) in [4.78, 5) is 0. The highest BCUT2D eigenvalue weighted by Gasteiger charge is 2.23. The predicted octanol–water partition coefficient (Wildman–Crippen LogP) is 5.77. The summed E-state index contributed by atoms with van der Waals surface area (Å²) in [6.45, 7) is 0. The Morgan fingerprint density at radius 2 is 1.31 bits per heavy atom. The van der Waals surface area contributed by atoms with Gasteiger partial charge in [0.25, 0.3) is 0 Å². The molecule has 0 aromatic heterocycles. The van der Waals surface area contributed by atoms with E-state index in [9.17, 15) is 10.5 Å². The quantitative estimate of drug-likeness (QED) is 0.653. The van der Waals surface area contributed by atoms with Crippen molar-refractivity contribution in [3.05, 3.63) is 51.5 Å². The molecule has 0 heterocycles. The van der Waals surface area contributed by atoms with E-state index >= 15 is 0 Å². The Labute approximate surface area is 160 Å². The smallest absolute Gasteiger partial charge is 0.102 e. The van der Waals surface area contributed by atoms with Gasteiger partial charge in [-0.05, 0) is 54.5 Å². The van der Waals surface area contributed by atoms with Gasteiger partial charge in [0, 0.05) is 10.6 Å². The number of nitrogen functional groups attached to an aromatic ring is 1. The van der Waals surface area contributed by atoms with E-state index in [4.69, 9.17) is 17.3 Å². The normalized spacial score (nSPS) is 14.7. The first-order chi connectivity index (χ1) is 12.7. The molecule has 0 saturated heterocycles. The number of hydrogen-bond donors (Lipinski definition) is 1. The third kappa shape index (κ3) is 3.55. The summed E-state index contributed by atoms with van der Waals surface area (Å²) in [6.07, 6.45) is 8.66. The average molecular weight is 364 g/mol. The van der Waals surface area contributed by atoms with E-state index in [1.165, 1.54) is 25.7 Å². The van der Waals surface area contributed by atoms with Gasteiger partial charge < -0.3 is 5.73 Å². The number of nitriles is 2. The molecule has 26 heavy (non-hydrogen) atoms. The number of nitrogens with zero attached hydrogens (tertiary/aromatic N) is 2. The molecule has 1 aliphatic carbocycles. The van der Waals surface area contributed by atoms with Crippen LogP contribution in [0.2, 0.25) is 5.02 Å². The highest BCUT2D eigenvalue weighted by molar-refractivity contribution is 6.30. The minimum atomic E-state index is 0.316. The maximum Gasteiger partial charge on any atom is 0.102 e. The fourth-order valence-electron chi connectivity index (χ4n) is 3.92. The van der Waals surface area contributed by atoms with Crippen molar-refractivity contribution < 1.29 is 0 Å². The minimum absolute atomic E-state index is 0.316. The van der Waals surface area contributed by atoms with E-state index < -0.39 is 0 Å². The summed E-state index contributed by atoms with van der Waals surface area (Å²) in [5.74, 6) is 0. The molecular formula is C22H22ClN3. The maximum absolute atomic E-state index is 9.80. The molecule has 0 spiro atoms. The van der Waals surface area contributed by atoms with E-state index in [0.717, 1.165) is 47.9 Å². The molecule has 3 rings (SSSR count). The summed E-state index contributed by atoms with van der Waals surface area (Å²) in [6, 6.07) is 12.1. The predicted molar refractivity (Wildman–Crippen MR) is 106 cm³/mol. The second-order valence-electron chi connectivity index (χ2n) is 6.85. The molecule has 0 fully saturated rings. The molecule has 3 nitrogen and oxygen atoms in total. The SMILES string of the molecule is N#Cc1c(N)c(C#N)c(-c2ccc(Cl)cc2)c2c1CCCCCCCC2. The Balaban J connectivity index is 2.30. The summed E-state index contributed by atoms with van der Waals surface area (Å²) < 4.78 is 0. The van der Waals surface area contributed by atoms with E-state index in [1.807, 2.05) is 24.3 Å². The molecule has 0 radical (unpaired) electrons. The highest BCUT2D eigenvalue weighted by atomic mass is 35.5. The fourth-order valence-corrected chi connectivity index (χ4v) is 4.04. The molecule has 0 aliphatic heterocycles. The van der Waals surface area contributed by atoms with Crippen molar-refractivity contribution in [2.45, 2.75) is 51.4 Å². The summed E-state index contributed by atoms with van der Waals surface area (Å²) in [5.41, 5.74) is 11.5. The third-order valence-electron chi connectivity index (χ3n) is 5.22. The van der Waals surface area contributed by atoms with Crippen LogP contribution in [-0.4, -0.2) is 0 Å². The lowest BCUT2D eigenvalue weighted by Gasteiger charge is -2.21. The van der Waals surface area contributed by atoms with Gasteiger partial charge in [-0.25, -0.2) is 0 Å². The van der Waals surface area contributed by atoms with Crippen molar-refractivity contribution in [3.8, 4) is 23.3 Å². The van der Waals surface area contributed by atoms with Crippen molar-refractivity contribution >= 4 is 17.3 Å². The number of fused-ring (bicyclic) bond motifs is 1. The summed E-state index contributed by atoms with van der Waals surface area (Å²) >= 11 is 6.05. The van der Waals surface area contributed by atoms with Crippen LogP contribution in [0.15, 0.2) is 24.3 Å². The van der Waals surface area contributed by atoms with Crippen molar-refractivity contribution in [3.63, 3.8) is 0 Å². The van der Waals surface area contributed by atoms with E-state index in [2.05, 4.69) is 12.1 Å². The first kappa shape index (κ1) is 18.3. The molecule has 2 N–H and O–H groups in total. The Morgan fingerprint density at radius 1 is 0.769 bits per heavy atom.